The second-order valence-corrected chi connectivity index (χ2v) is 11.3. The zero-order valence-electron chi connectivity index (χ0n) is 27.6. The number of aliphatic carboxylic acids is 1. The summed E-state index contributed by atoms with van der Waals surface area (Å²) in [5, 5.41) is 27.1. The lowest BCUT2D eigenvalue weighted by Crippen LogP contribution is -2.63. The number of alkyl halides is 5. The fourth-order valence-corrected chi connectivity index (χ4v) is 4.27. The average molecular weight is 760 g/mol. The standard InChI is InChI=1S/C29H35F6N5O12/c1-14-21(39-25(47)27(3,49)24(46)37-13-28(31,32)29(33,34)35)22(43)40(18-12-16(30)4-6-19(18)52-14)9-11-51-26(48)50-10-8-36-20(42)7-5-17(23(44)45)38-15(2)41/h4,6,12,14,17,21,49H,5,7-11,13H2,1-3H3,(H,36,42)(H,37,46)(H,38,41)(H,39,47)(H,44,45)/t14-,17+,21+,27+/m1/s1. The van der Waals surface area contributed by atoms with Gasteiger partial charge in [-0.3, -0.25) is 24.0 Å². The Morgan fingerprint density at radius 3 is 2.25 bits per heavy atom. The van der Waals surface area contributed by atoms with Crippen molar-refractivity contribution >= 4 is 47.3 Å². The third kappa shape index (κ3) is 11.9. The number of aliphatic hydroxyl groups is 1. The number of nitrogens with zero attached hydrogens (tertiary/aromatic N) is 1. The minimum atomic E-state index is -6.06. The van der Waals surface area contributed by atoms with Crippen LogP contribution in [0.1, 0.15) is 33.6 Å². The van der Waals surface area contributed by atoms with Gasteiger partial charge in [0.15, 0.2) is 0 Å². The number of carboxylic acids is 1. The van der Waals surface area contributed by atoms with Gasteiger partial charge < -0.3 is 50.6 Å². The minimum Gasteiger partial charge on any atom is -0.486 e. The highest BCUT2D eigenvalue weighted by molar-refractivity contribution is 6.10. The number of nitrogens with one attached hydrogen (secondary N) is 4. The molecule has 1 aliphatic heterocycles. The Morgan fingerprint density at radius 1 is 1.02 bits per heavy atom. The molecule has 0 bridgehead atoms. The lowest BCUT2D eigenvalue weighted by molar-refractivity contribution is -0.278. The maximum absolute atomic E-state index is 14.2. The van der Waals surface area contributed by atoms with Crippen LogP contribution in [0.3, 0.4) is 0 Å². The quantitative estimate of drug-likeness (QED) is 0.0571. The van der Waals surface area contributed by atoms with Crippen molar-refractivity contribution in [2.75, 3.05) is 37.7 Å². The van der Waals surface area contributed by atoms with E-state index in [0.717, 1.165) is 35.3 Å². The number of halogens is 6. The fourth-order valence-electron chi connectivity index (χ4n) is 4.27. The Morgan fingerprint density at radius 2 is 1.65 bits per heavy atom. The van der Waals surface area contributed by atoms with E-state index in [1.165, 1.54) is 6.92 Å². The molecule has 0 fully saturated rings. The second-order valence-electron chi connectivity index (χ2n) is 11.3. The molecule has 290 valence electrons. The molecule has 0 saturated carbocycles. The maximum atomic E-state index is 14.2. The third-order valence-electron chi connectivity index (χ3n) is 7.10. The van der Waals surface area contributed by atoms with E-state index in [1.807, 2.05) is 5.32 Å². The Bertz CT molecular complexity index is 1530. The summed E-state index contributed by atoms with van der Waals surface area (Å²) in [6.07, 6.45) is -9.19. The van der Waals surface area contributed by atoms with Gasteiger partial charge >= 0.3 is 24.2 Å². The number of carboxylic acid groups (broad SMARTS) is 1. The van der Waals surface area contributed by atoms with Crippen LogP contribution in [0, 0.1) is 5.82 Å². The Labute approximate surface area is 290 Å². The highest BCUT2D eigenvalue weighted by atomic mass is 19.4. The zero-order valence-corrected chi connectivity index (χ0v) is 27.6. The number of carbonyl (C=O) groups is 7. The Balaban J connectivity index is 2.02. The number of anilines is 1. The van der Waals surface area contributed by atoms with Crippen LogP contribution in [0.25, 0.3) is 0 Å². The molecular formula is C29H35F6N5O12. The lowest BCUT2D eigenvalue weighted by atomic mass is 10.0. The van der Waals surface area contributed by atoms with Crippen LogP contribution in [0.5, 0.6) is 5.75 Å². The molecule has 1 aromatic carbocycles. The molecule has 52 heavy (non-hydrogen) atoms. The van der Waals surface area contributed by atoms with E-state index in [1.54, 1.807) is 0 Å². The molecule has 6 N–H and O–H groups in total. The van der Waals surface area contributed by atoms with Crippen LogP contribution in [0.4, 0.5) is 36.8 Å². The molecule has 0 radical (unpaired) electrons. The van der Waals surface area contributed by atoms with E-state index < -0.39 is 110 Å². The van der Waals surface area contributed by atoms with Gasteiger partial charge in [0.25, 0.3) is 17.7 Å². The van der Waals surface area contributed by atoms with Gasteiger partial charge in [0, 0.05) is 19.4 Å². The van der Waals surface area contributed by atoms with Crippen LogP contribution in [-0.4, -0.2) is 121 Å². The molecule has 0 saturated heterocycles. The normalized spacial score (nSPS) is 17.6. The average Bonchev–Trinajstić information content (AvgIpc) is 3.12. The van der Waals surface area contributed by atoms with Crippen LogP contribution >= 0.6 is 0 Å². The van der Waals surface area contributed by atoms with Gasteiger partial charge in [-0.25, -0.2) is 14.0 Å². The molecule has 1 aliphatic rings. The summed E-state index contributed by atoms with van der Waals surface area (Å²) in [4.78, 5) is 85.8. The van der Waals surface area contributed by atoms with Crippen LogP contribution in [-0.2, 0) is 38.2 Å². The first-order valence-electron chi connectivity index (χ1n) is 15.1. The van der Waals surface area contributed by atoms with Crippen LogP contribution < -0.4 is 30.9 Å². The van der Waals surface area contributed by atoms with Gasteiger partial charge in [0.1, 0.15) is 43.0 Å². The predicted octanol–water partition coefficient (Wildman–Crippen LogP) is 0.128. The minimum absolute atomic E-state index is 0.122. The molecule has 2 rings (SSSR count). The molecule has 17 nitrogen and oxygen atoms in total. The van der Waals surface area contributed by atoms with E-state index >= 15 is 0 Å². The molecule has 0 aromatic heterocycles. The van der Waals surface area contributed by atoms with E-state index in [0.29, 0.717) is 6.92 Å². The summed E-state index contributed by atoms with van der Waals surface area (Å²) in [5.41, 5.74) is -3.52. The summed E-state index contributed by atoms with van der Waals surface area (Å²) in [7, 11) is 0. The van der Waals surface area contributed by atoms with Crippen LogP contribution in [0.15, 0.2) is 18.2 Å². The number of benzene rings is 1. The van der Waals surface area contributed by atoms with E-state index in [4.69, 9.17) is 19.3 Å². The van der Waals surface area contributed by atoms with Crippen molar-refractivity contribution in [3.8, 4) is 5.75 Å². The largest absolute Gasteiger partial charge is 0.508 e. The predicted molar refractivity (Wildman–Crippen MR) is 160 cm³/mol. The molecule has 23 heteroatoms. The molecule has 0 unspecified atom stereocenters. The zero-order chi connectivity index (χ0) is 39.6. The van der Waals surface area contributed by atoms with Gasteiger partial charge in [-0.2, -0.15) is 22.0 Å². The summed E-state index contributed by atoms with van der Waals surface area (Å²) in [6.45, 7) is -1.34. The number of hydrogen-bond acceptors (Lipinski definition) is 11. The number of rotatable bonds is 16. The van der Waals surface area contributed by atoms with E-state index in [2.05, 4.69) is 10.6 Å². The molecular weight excluding hydrogens is 724 g/mol. The van der Waals surface area contributed by atoms with Crippen molar-refractivity contribution in [3.05, 3.63) is 24.0 Å². The molecule has 1 heterocycles. The monoisotopic (exact) mass is 759 g/mol. The number of ether oxygens (including phenoxy) is 3. The van der Waals surface area contributed by atoms with E-state index in [-0.39, 0.29) is 30.8 Å². The number of amides is 5. The first-order chi connectivity index (χ1) is 24.0. The number of carbonyl (C=O) groups excluding carboxylic acids is 6. The topological polar surface area (TPSA) is 239 Å². The van der Waals surface area contributed by atoms with Crippen LogP contribution in [0.2, 0.25) is 0 Å². The van der Waals surface area contributed by atoms with Crippen molar-refractivity contribution in [1.82, 2.24) is 21.3 Å². The lowest BCUT2D eigenvalue weighted by Gasteiger charge is -2.29. The second kappa shape index (κ2) is 17.7. The summed E-state index contributed by atoms with van der Waals surface area (Å²) < 4.78 is 93.5. The smallest absolute Gasteiger partial charge is 0.486 e. The van der Waals surface area contributed by atoms with Gasteiger partial charge in [-0.1, -0.05) is 0 Å². The third-order valence-corrected chi connectivity index (χ3v) is 7.10. The van der Waals surface area contributed by atoms with Crippen molar-refractivity contribution in [2.45, 2.75) is 69.5 Å². The number of fused-ring (bicyclic) bond motifs is 1. The number of hydrogen-bond donors (Lipinski definition) is 6. The summed E-state index contributed by atoms with van der Waals surface area (Å²) in [5.74, 6) is -13.7. The van der Waals surface area contributed by atoms with Crippen molar-refractivity contribution < 1.29 is 84.3 Å². The van der Waals surface area contributed by atoms with Crippen molar-refractivity contribution in [2.24, 2.45) is 0 Å². The highest BCUT2D eigenvalue weighted by Gasteiger charge is 2.58. The molecule has 4 atom stereocenters. The van der Waals surface area contributed by atoms with E-state index in [9.17, 15) is 65.0 Å². The molecule has 0 aliphatic carbocycles. The Hall–Kier alpha value is -5.35. The van der Waals surface area contributed by atoms with Crippen molar-refractivity contribution in [1.29, 1.82) is 0 Å². The Kier molecular flexibility index (Phi) is 14.6. The first kappa shape index (κ1) is 42.8. The van der Waals surface area contributed by atoms with Gasteiger partial charge in [-0.15, -0.1) is 0 Å². The fraction of sp³-hybridized carbons (Fsp3) is 0.552. The molecule has 0 spiro atoms. The summed E-state index contributed by atoms with van der Waals surface area (Å²) >= 11 is 0. The van der Waals surface area contributed by atoms with Gasteiger partial charge in [0.2, 0.25) is 17.4 Å². The van der Waals surface area contributed by atoms with Crippen molar-refractivity contribution in [3.63, 3.8) is 0 Å². The van der Waals surface area contributed by atoms with Gasteiger partial charge in [0.05, 0.1) is 25.3 Å². The highest BCUT2D eigenvalue weighted by Crippen LogP contribution is 2.35. The SMILES string of the molecule is CC(=O)N[C@@H](CCC(=O)NCCOC(=O)OCCN1C(=O)[C@@H](NC(=O)[C@@](C)(O)C(=O)NCC(F)(F)C(F)(F)F)[C@@H](C)Oc2ccc(F)cc21)C(=O)O. The maximum Gasteiger partial charge on any atom is 0.508 e. The van der Waals surface area contributed by atoms with Gasteiger partial charge in [-0.05, 0) is 32.4 Å². The first-order valence-corrected chi connectivity index (χ1v) is 15.1. The summed E-state index contributed by atoms with van der Waals surface area (Å²) in [6, 6.07) is -0.182. The molecule has 1 aromatic rings. The molecule has 5 amide bonds.